The van der Waals surface area contributed by atoms with Crippen LogP contribution in [0.2, 0.25) is 0 Å². The summed E-state index contributed by atoms with van der Waals surface area (Å²) in [7, 11) is 5.82. The maximum atomic E-state index is 4.34. The molecule has 1 aromatic rings. The van der Waals surface area contributed by atoms with E-state index in [2.05, 4.69) is 40.5 Å². The molecule has 1 atom stereocenters. The minimum Gasteiger partial charge on any atom is -0.363 e. The molecule has 0 saturated heterocycles. The van der Waals surface area contributed by atoms with E-state index < -0.39 is 0 Å². The van der Waals surface area contributed by atoms with Crippen molar-refractivity contribution in [1.29, 1.82) is 0 Å². The molecule has 0 aliphatic carbocycles. The fourth-order valence-corrected chi connectivity index (χ4v) is 2.38. The molecular formula is C18H33N5. The van der Waals surface area contributed by atoms with Gasteiger partial charge in [0.25, 0.3) is 0 Å². The summed E-state index contributed by atoms with van der Waals surface area (Å²) in [6.45, 7) is 5.20. The third-order valence-electron chi connectivity index (χ3n) is 3.83. The maximum Gasteiger partial charge on any atom is 0.191 e. The summed E-state index contributed by atoms with van der Waals surface area (Å²) in [5.41, 5.74) is 1.20. The van der Waals surface area contributed by atoms with Crippen molar-refractivity contribution in [2.24, 2.45) is 4.99 Å². The second-order valence-corrected chi connectivity index (χ2v) is 6.24. The number of unbranched alkanes of at least 4 members (excludes halogenated alkanes) is 3. The summed E-state index contributed by atoms with van der Waals surface area (Å²) in [4.78, 5) is 10.7. The smallest absolute Gasteiger partial charge is 0.191 e. The molecule has 0 bridgehead atoms. The summed E-state index contributed by atoms with van der Waals surface area (Å²) in [6, 6.07) is 4.56. The summed E-state index contributed by atoms with van der Waals surface area (Å²) in [5, 5.41) is 6.84. The van der Waals surface area contributed by atoms with E-state index in [1.54, 1.807) is 0 Å². The van der Waals surface area contributed by atoms with Crippen molar-refractivity contribution in [2.75, 3.05) is 26.0 Å². The van der Waals surface area contributed by atoms with E-state index in [0.717, 1.165) is 18.3 Å². The van der Waals surface area contributed by atoms with E-state index in [4.69, 9.17) is 0 Å². The molecule has 5 heteroatoms. The Hall–Kier alpha value is -1.78. The zero-order valence-electron chi connectivity index (χ0n) is 15.4. The Morgan fingerprint density at radius 2 is 2.09 bits per heavy atom. The van der Waals surface area contributed by atoms with Gasteiger partial charge in [-0.05, 0) is 31.0 Å². The first-order valence-corrected chi connectivity index (χ1v) is 8.66. The number of nitrogens with zero attached hydrogens (tertiary/aromatic N) is 3. The van der Waals surface area contributed by atoms with Crippen LogP contribution in [0, 0.1) is 0 Å². The number of rotatable bonds is 9. The number of guanidine groups is 1. The van der Waals surface area contributed by atoms with Crippen LogP contribution in [0.4, 0.5) is 5.82 Å². The van der Waals surface area contributed by atoms with Gasteiger partial charge in [0.2, 0.25) is 0 Å². The summed E-state index contributed by atoms with van der Waals surface area (Å²) in [5.74, 6) is 1.83. The Morgan fingerprint density at radius 1 is 1.30 bits per heavy atom. The van der Waals surface area contributed by atoms with Crippen LogP contribution in [0.15, 0.2) is 23.3 Å². The number of pyridine rings is 1. The molecule has 0 fully saturated rings. The summed E-state index contributed by atoms with van der Waals surface area (Å²) >= 11 is 0. The molecule has 0 amide bonds. The van der Waals surface area contributed by atoms with E-state index in [9.17, 15) is 0 Å². The lowest BCUT2D eigenvalue weighted by atomic mass is 10.1. The number of hydrogen-bond acceptors (Lipinski definition) is 3. The molecule has 1 aromatic heterocycles. The third kappa shape index (κ3) is 7.86. The molecule has 130 valence electrons. The average molecular weight is 319 g/mol. The molecule has 0 saturated carbocycles. The largest absolute Gasteiger partial charge is 0.363 e. The van der Waals surface area contributed by atoms with Gasteiger partial charge in [-0.15, -0.1) is 0 Å². The molecule has 1 unspecified atom stereocenters. The van der Waals surface area contributed by atoms with Crippen LogP contribution in [0.25, 0.3) is 0 Å². The molecule has 1 rings (SSSR count). The molecular weight excluding hydrogens is 286 g/mol. The minimum absolute atomic E-state index is 0.438. The van der Waals surface area contributed by atoms with Crippen LogP contribution in [0.5, 0.6) is 0 Å². The highest BCUT2D eigenvalue weighted by Gasteiger charge is 2.05. The molecule has 0 radical (unpaired) electrons. The van der Waals surface area contributed by atoms with Gasteiger partial charge in [0.05, 0.1) is 0 Å². The Morgan fingerprint density at radius 3 is 2.74 bits per heavy atom. The van der Waals surface area contributed by atoms with Gasteiger partial charge in [-0.3, -0.25) is 4.99 Å². The van der Waals surface area contributed by atoms with E-state index >= 15 is 0 Å². The second kappa shape index (κ2) is 10.9. The van der Waals surface area contributed by atoms with Crippen molar-refractivity contribution in [3.8, 4) is 0 Å². The van der Waals surface area contributed by atoms with Crippen molar-refractivity contribution < 1.29 is 0 Å². The first-order chi connectivity index (χ1) is 11.1. The van der Waals surface area contributed by atoms with Gasteiger partial charge in [-0.25, -0.2) is 4.98 Å². The van der Waals surface area contributed by atoms with Gasteiger partial charge >= 0.3 is 0 Å². The van der Waals surface area contributed by atoms with Crippen LogP contribution in [-0.4, -0.2) is 38.1 Å². The second-order valence-electron chi connectivity index (χ2n) is 6.24. The zero-order chi connectivity index (χ0) is 17.1. The van der Waals surface area contributed by atoms with Crippen molar-refractivity contribution in [3.05, 3.63) is 23.9 Å². The molecule has 0 aromatic carbocycles. The predicted octanol–water partition coefficient (Wildman–Crippen LogP) is 3.17. The molecule has 0 aliphatic rings. The molecule has 1 heterocycles. The molecule has 0 spiro atoms. The topological polar surface area (TPSA) is 52.6 Å². The van der Waals surface area contributed by atoms with Gasteiger partial charge in [0.1, 0.15) is 5.82 Å². The van der Waals surface area contributed by atoms with E-state index in [-0.39, 0.29) is 0 Å². The van der Waals surface area contributed by atoms with Crippen molar-refractivity contribution in [1.82, 2.24) is 15.6 Å². The van der Waals surface area contributed by atoms with E-state index in [0.29, 0.717) is 6.04 Å². The highest BCUT2D eigenvalue weighted by molar-refractivity contribution is 5.79. The van der Waals surface area contributed by atoms with Crippen LogP contribution in [0.1, 0.15) is 51.5 Å². The molecule has 23 heavy (non-hydrogen) atoms. The van der Waals surface area contributed by atoms with Gasteiger partial charge in [-0.1, -0.05) is 32.6 Å². The summed E-state index contributed by atoms with van der Waals surface area (Å²) in [6.07, 6.45) is 8.23. The Balaban J connectivity index is 2.40. The lowest BCUT2D eigenvalue weighted by Gasteiger charge is -2.18. The van der Waals surface area contributed by atoms with Crippen LogP contribution < -0.4 is 15.5 Å². The molecule has 5 nitrogen and oxygen atoms in total. The third-order valence-corrected chi connectivity index (χ3v) is 3.83. The van der Waals surface area contributed by atoms with Crippen LogP contribution in [-0.2, 0) is 6.54 Å². The molecule has 2 N–H and O–H groups in total. The Labute approximate surface area is 141 Å². The van der Waals surface area contributed by atoms with Gasteiger partial charge in [-0.2, -0.15) is 0 Å². The Bertz CT molecular complexity index is 470. The lowest BCUT2D eigenvalue weighted by molar-refractivity contribution is 0.537. The van der Waals surface area contributed by atoms with Gasteiger partial charge < -0.3 is 15.5 Å². The highest BCUT2D eigenvalue weighted by atomic mass is 15.2. The quantitative estimate of drug-likeness (QED) is 0.417. The lowest BCUT2D eigenvalue weighted by Crippen LogP contribution is -2.41. The SMILES string of the molecule is CCCCCCC(C)NC(=NC)NCc1ccnc(N(C)C)c1. The van der Waals surface area contributed by atoms with Crippen LogP contribution in [0.3, 0.4) is 0 Å². The van der Waals surface area contributed by atoms with E-state index in [1.807, 2.05) is 38.3 Å². The number of aromatic nitrogens is 1. The first kappa shape index (κ1) is 19.3. The normalized spacial score (nSPS) is 12.8. The standard InChI is InChI=1S/C18H33N5/c1-6-7-8-9-10-15(2)22-18(19-3)21-14-16-11-12-20-17(13-16)23(4)5/h11-13,15H,6-10,14H2,1-5H3,(H2,19,21,22). The fraction of sp³-hybridized carbons (Fsp3) is 0.667. The Kier molecular flexibility index (Phi) is 9.10. The first-order valence-electron chi connectivity index (χ1n) is 8.66. The number of nitrogens with one attached hydrogen (secondary N) is 2. The maximum absolute atomic E-state index is 4.34. The van der Waals surface area contributed by atoms with Crippen LogP contribution >= 0.6 is 0 Å². The summed E-state index contributed by atoms with van der Waals surface area (Å²) < 4.78 is 0. The van der Waals surface area contributed by atoms with Crippen molar-refractivity contribution in [2.45, 2.75) is 58.5 Å². The van der Waals surface area contributed by atoms with Crippen molar-refractivity contribution >= 4 is 11.8 Å². The van der Waals surface area contributed by atoms with Crippen molar-refractivity contribution in [3.63, 3.8) is 0 Å². The minimum atomic E-state index is 0.438. The number of aliphatic imine (C=N–C) groups is 1. The fourth-order valence-electron chi connectivity index (χ4n) is 2.38. The van der Waals surface area contributed by atoms with Gasteiger partial charge in [0, 0.05) is 39.9 Å². The average Bonchev–Trinajstić information content (AvgIpc) is 2.55. The predicted molar refractivity (Wildman–Crippen MR) is 100 cm³/mol. The van der Waals surface area contributed by atoms with Gasteiger partial charge in [0.15, 0.2) is 5.96 Å². The highest BCUT2D eigenvalue weighted by Crippen LogP contribution is 2.09. The monoisotopic (exact) mass is 319 g/mol. The molecule has 0 aliphatic heterocycles. The number of anilines is 1. The number of hydrogen-bond donors (Lipinski definition) is 2. The zero-order valence-corrected chi connectivity index (χ0v) is 15.4. The van der Waals surface area contributed by atoms with E-state index in [1.165, 1.54) is 37.7 Å².